The van der Waals surface area contributed by atoms with Crippen molar-refractivity contribution < 1.29 is 18.8 Å². The molecule has 0 aliphatic heterocycles. The fourth-order valence-electron chi connectivity index (χ4n) is 4.62. The molecule has 175 valence electrons. The summed E-state index contributed by atoms with van der Waals surface area (Å²) in [6, 6.07) is 25.5. The van der Waals surface area contributed by atoms with Crippen molar-refractivity contribution in [3.63, 3.8) is 0 Å². The van der Waals surface area contributed by atoms with E-state index in [1.165, 1.54) is 0 Å². The Labute approximate surface area is 203 Å². The van der Waals surface area contributed by atoms with Crippen LogP contribution in [0.3, 0.4) is 0 Å². The minimum atomic E-state index is -1.91. The minimum Gasteiger partial charge on any atom is -0.464 e. The maximum Gasteiger partial charge on any atom is 0.345 e. The van der Waals surface area contributed by atoms with Crippen LogP contribution in [0.1, 0.15) is 55.6 Å². The second kappa shape index (κ2) is 9.69. The van der Waals surface area contributed by atoms with Crippen LogP contribution < -0.4 is 10.4 Å². The molecule has 0 saturated carbocycles. The molecule has 34 heavy (non-hydrogen) atoms. The van der Waals surface area contributed by atoms with Gasteiger partial charge in [0.05, 0.1) is 6.61 Å². The van der Waals surface area contributed by atoms with E-state index in [9.17, 15) is 9.59 Å². The molecule has 5 heteroatoms. The van der Waals surface area contributed by atoms with Crippen LogP contribution in [0, 0.1) is 0 Å². The summed E-state index contributed by atoms with van der Waals surface area (Å²) >= 11 is 0. The highest BCUT2D eigenvalue weighted by Crippen LogP contribution is 2.38. The number of rotatable bonds is 6. The SMILES string of the molecule is CCOC(=O)C1(O[Si](c2ccccc2)c2ccccc2)CCc2c(cccc2C(C)(C)C)C1=O. The Morgan fingerprint density at radius 1 is 0.912 bits per heavy atom. The van der Waals surface area contributed by atoms with Gasteiger partial charge in [-0.1, -0.05) is 99.6 Å². The predicted octanol–water partition coefficient (Wildman–Crippen LogP) is 4.24. The first-order chi connectivity index (χ1) is 16.3. The lowest BCUT2D eigenvalue weighted by molar-refractivity contribution is -0.158. The summed E-state index contributed by atoms with van der Waals surface area (Å²) in [7, 11) is -1.91. The first-order valence-corrected chi connectivity index (χ1v) is 13.2. The zero-order valence-electron chi connectivity index (χ0n) is 20.3. The summed E-state index contributed by atoms with van der Waals surface area (Å²) in [6.45, 7) is 8.36. The van der Waals surface area contributed by atoms with Gasteiger partial charge in [-0.05, 0) is 46.7 Å². The van der Waals surface area contributed by atoms with Gasteiger partial charge in [-0.15, -0.1) is 0 Å². The Bertz CT molecular complexity index is 1130. The van der Waals surface area contributed by atoms with Crippen LogP contribution in [0.25, 0.3) is 0 Å². The predicted molar refractivity (Wildman–Crippen MR) is 136 cm³/mol. The smallest absolute Gasteiger partial charge is 0.345 e. The van der Waals surface area contributed by atoms with E-state index in [1.54, 1.807) is 6.92 Å². The normalized spacial score (nSPS) is 18.0. The summed E-state index contributed by atoms with van der Waals surface area (Å²) in [5.74, 6) is -0.895. The molecule has 1 aliphatic carbocycles. The number of ether oxygens (including phenoxy) is 1. The third kappa shape index (κ3) is 4.50. The van der Waals surface area contributed by atoms with Crippen LogP contribution in [0.5, 0.6) is 0 Å². The molecule has 0 fully saturated rings. The lowest BCUT2D eigenvalue weighted by atomic mass is 9.73. The maximum atomic E-state index is 14.1. The molecule has 4 nitrogen and oxygen atoms in total. The number of Topliss-reactive ketones (excluding diaryl/α,β-unsaturated/α-hetero) is 1. The Morgan fingerprint density at radius 2 is 1.50 bits per heavy atom. The Balaban J connectivity index is 1.84. The average molecular weight is 472 g/mol. The number of benzene rings is 3. The van der Waals surface area contributed by atoms with Gasteiger partial charge in [0.15, 0.2) is 0 Å². The lowest BCUT2D eigenvalue weighted by Gasteiger charge is -2.38. The number of carbonyl (C=O) groups excluding carboxylic acids is 2. The van der Waals surface area contributed by atoms with Crippen molar-refractivity contribution in [2.75, 3.05) is 6.61 Å². The van der Waals surface area contributed by atoms with Gasteiger partial charge in [-0.3, -0.25) is 4.79 Å². The number of fused-ring (bicyclic) bond motifs is 1. The van der Waals surface area contributed by atoms with Crippen molar-refractivity contribution in [2.45, 2.75) is 51.6 Å². The first-order valence-electron chi connectivity index (χ1n) is 11.8. The number of carbonyl (C=O) groups is 2. The zero-order chi connectivity index (χ0) is 24.3. The molecule has 1 radical (unpaired) electrons. The molecule has 0 amide bonds. The highest BCUT2D eigenvalue weighted by atomic mass is 28.3. The summed E-state index contributed by atoms with van der Waals surface area (Å²) in [5, 5.41) is 1.95. The maximum absolute atomic E-state index is 14.1. The molecule has 0 N–H and O–H groups in total. The first kappa shape index (κ1) is 24.1. The quantitative estimate of drug-likeness (QED) is 0.307. The van der Waals surface area contributed by atoms with E-state index in [2.05, 4.69) is 26.8 Å². The molecule has 3 aromatic rings. The Kier molecular flexibility index (Phi) is 6.87. The van der Waals surface area contributed by atoms with Crippen molar-refractivity contribution in [1.29, 1.82) is 0 Å². The molecule has 0 heterocycles. The largest absolute Gasteiger partial charge is 0.464 e. The number of hydrogen-bond acceptors (Lipinski definition) is 4. The molecule has 0 spiro atoms. The summed E-state index contributed by atoms with van der Waals surface area (Å²) in [6.07, 6.45) is 0.838. The molecule has 3 aromatic carbocycles. The van der Waals surface area contributed by atoms with Crippen molar-refractivity contribution in [2.24, 2.45) is 0 Å². The monoisotopic (exact) mass is 471 g/mol. The Hall–Kier alpha value is -3.02. The second-order valence-corrected chi connectivity index (χ2v) is 11.6. The number of hydrogen-bond donors (Lipinski definition) is 0. The van der Waals surface area contributed by atoms with Crippen molar-refractivity contribution in [3.8, 4) is 0 Å². The van der Waals surface area contributed by atoms with Gasteiger partial charge in [-0.25, -0.2) is 4.79 Å². The van der Waals surface area contributed by atoms with E-state index in [4.69, 9.17) is 9.16 Å². The van der Waals surface area contributed by atoms with Crippen LogP contribution in [-0.2, 0) is 25.8 Å². The van der Waals surface area contributed by atoms with E-state index < -0.39 is 20.6 Å². The zero-order valence-corrected chi connectivity index (χ0v) is 21.3. The van der Waals surface area contributed by atoms with Crippen LogP contribution >= 0.6 is 0 Å². The molecular formula is C29H31O4Si. The van der Waals surface area contributed by atoms with Crippen molar-refractivity contribution in [1.82, 2.24) is 0 Å². The molecule has 1 aliphatic rings. The fraction of sp³-hybridized carbons (Fsp3) is 0.310. The minimum absolute atomic E-state index is 0.112. The highest BCUT2D eigenvalue weighted by Gasteiger charge is 2.53. The van der Waals surface area contributed by atoms with Crippen LogP contribution in [0.4, 0.5) is 0 Å². The Morgan fingerprint density at radius 3 is 2.03 bits per heavy atom. The standard InChI is InChI=1S/C29H31O4Si/c1-5-32-27(31)29(20-19-23-24(26(29)30)17-12-18-25(23)28(2,3)4)33-34(21-13-8-6-9-14-21)22-15-10-7-11-16-22/h6-18H,5,19-20H2,1-4H3. The molecular weight excluding hydrogens is 440 g/mol. The molecule has 0 saturated heterocycles. The second-order valence-electron chi connectivity index (χ2n) is 9.62. The van der Waals surface area contributed by atoms with Crippen molar-refractivity contribution in [3.05, 3.63) is 95.6 Å². The van der Waals surface area contributed by atoms with Gasteiger partial charge in [0.2, 0.25) is 11.4 Å². The molecule has 1 unspecified atom stereocenters. The third-order valence-electron chi connectivity index (χ3n) is 6.28. The lowest BCUT2D eigenvalue weighted by Crippen LogP contribution is -2.60. The van der Waals surface area contributed by atoms with Crippen LogP contribution in [0.15, 0.2) is 78.9 Å². The van der Waals surface area contributed by atoms with Crippen LogP contribution in [0.2, 0.25) is 0 Å². The highest BCUT2D eigenvalue weighted by molar-refractivity contribution is 6.80. The number of esters is 1. The van der Waals surface area contributed by atoms with Gasteiger partial charge in [0.1, 0.15) is 0 Å². The van der Waals surface area contributed by atoms with E-state index in [-0.39, 0.29) is 24.2 Å². The summed E-state index contributed by atoms with van der Waals surface area (Å²) in [5.41, 5.74) is 0.928. The summed E-state index contributed by atoms with van der Waals surface area (Å²) < 4.78 is 12.2. The number of ketones is 1. The summed E-state index contributed by atoms with van der Waals surface area (Å²) in [4.78, 5) is 27.6. The van der Waals surface area contributed by atoms with Gasteiger partial charge >= 0.3 is 5.97 Å². The van der Waals surface area contributed by atoms with E-state index in [0.717, 1.165) is 21.5 Å². The fourth-order valence-corrected chi connectivity index (χ4v) is 6.81. The third-order valence-corrected chi connectivity index (χ3v) is 8.54. The molecule has 4 rings (SSSR count). The van der Waals surface area contributed by atoms with E-state index in [1.807, 2.05) is 72.8 Å². The van der Waals surface area contributed by atoms with Gasteiger partial charge in [-0.2, -0.15) is 0 Å². The van der Waals surface area contributed by atoms with Gasteiger partial charge in [0.25, 0.3) is 9.04 Å². The molecule has 0 aromatic heterocycles. The van der Waals surface area contributed by atoms with E-state index in [0.29, 0.717) is 12.0 Å². The molecule has 0 bridgehead atoms. The average Bonchev–Trinajstić information content (AvgIpc) is 2.84. The van der Waals surface area contributed by atoms with Gasteiger partial charge in [0, 0.05) is 5.56 Å². The topological polar surface area (TPSA) is 52.6 Å². The van der Waals surface area contributed by atoms with E-state index >= 15 is 0 Å². The molecule has 1 atom stereocenters. The van der Waals surface area contributed by atoms with Crippen LogP contribution in [-0.4, -0.2) is 33.0 Å². The van der Waals surface area contributed by atoms with Crippen molar-refractivity contribution >= 4 is 31.2 Å². The van der Waals surface area contributed by atoms with Gasteiger partial charge < -0.3 is 9.16 Å².